The van der Waals surface area contributed by atoms with Crippen LogP contribution in [0, 0.1) is 5.92 Å². The molecule has 0 unspecified atom stereocenters. The predicted molar refractivity (Wildman–Crippen MR) is 120 cm³/mol. The van der Waals surface area contributed by atoms with Gasteiger partial charge in [0.1, 0.15) is 5.75 Å². The van der Waals surface area contributed by atoms with Crippen LogP contribution in [0.15, 0.2) is 73.1 Å². The van der Waals surface area contributed by atoms with E-state index in [1.54, 1.807) is 36.5 Å². The van der Waals surface area contributed by atoms with Gasteiger partial charge in [-0.1, -0.05) is 24.3 Å². The Morgan fingerprint density at radius 3 is 2.55 bits per heavy atom. The molecule has 6 nitrogen and oxygen atoms in total. The molecule has 0 aliphatic carbocycles. The molecule has 1 aromatic heterocycles. The number of carbonyl (C=O) groups is 2. The van der Waals surface area contributed by atoms with Crippen LogP contribution in [0.2, 0.25) is 0 Å². The van der Waals surface area contributed by atoms with E-state index < -0.39 is 0 Å². The monoisotopic (exact) mass is 415 g/mol. The van der Waals surface area contributed by atoms with Gasteiger partial charge in [0, 0.05) is 36.7 Å². The van der Waals surface area contributed by atoms with E-state index in [9.17, 15) is 9.59 Å². The number of methoxy groups -OCH3 is 1. The fourth-order valence-corrected chi connectivity index (χ4v) is 3.85. The third-order valence-corrected chi connectivity index (χ3v) is 5.56. The molecule has 1 N–H and O–H groups in total. The van der Waals surface area contributed by atoms with Gasteiger partial charge >= 0.3 is 0 Å². The van der Waals surface area contributed by atoms with Crippen LogP contribution in [0.5, 0.6) is 5.75 Å². The molecule has 0 saturated carbocycles. The first kappa shape index (κ1) is 20.6. The summed E-state index contributed by atoms with van der Waals surface area (Å²) >= 11 is 0. The van der Waals surface area contributed by atoms with Crippen LogP contribution in [0.3, 0.4) is 0 Å². The summed E-state index contributed by atoms with van der Waals surface area (Å²) in [4.78, 5) is 31.3. The third kappa shape index (κ3) is 4.91. The van der Waals surface area contributed by atoms with Gasteiger partial charge in [0.15, 0.2) is 0 Å². The first-order valence-electron chi connectivity index (χ1n) is 10.4. The second kappa shape index (κ2) is 9.43. The SMILES string of the molecule is COc1cccc(-c2ccc(NC(=O)[C@H]3CCCN(C(=O)c4ccncc4)C3)cc2)c1. The fourth-order valence-electron chi connectivity index (χ4n) is 3.85. The Labute approximate surface area is 181 Å². The maximum Gasteiger partial charge on any atom is 0.253 e. The van der Waals surface area contributed by atoms with Crippen molar-refractivity contribution in [2.75, 3.05) is 25.5 Å². The van der Waals surface area contributed by atoms with Crippen LogP contribution in [-0.4, -0.2) is 41.9 Å². The molecule has 1 saturated heterocycles. The van der Waals surface area contributed by atoms with Gasteiger partial charge in [0.25, 0.3) is 5.91 Å². The number of amides is 2. The van der Waals surface area contributed by atoms with E-state index in [-0.39, 0.29) is 17.7 Å². The lowest BCUT2D eigenvalue weighted by Crippen LogP contribution is -2.43. The molecule has 3 aromatic rings. The molecule has 2 heterocycles. The van der Waals surface area contributed by atoms with Crippen molar-refractivity contribution in [2.45, 2.75) is 12.8 Å². The number of anilines is 1. The second-order valence-electron chi connectivity index (χ2n) is 7.62. The van der Waals surface area contributed by atoms with Crippen LogP contribution < -0.4 is 10.1 Å². The number of likely N-dealkylation sites (tertiary alicyclic amines) is 1. The standard InChI is InChI=1S/C25H25N3O3/c1-31-23-6-2-4-20(16-23)18-7-9-22(10-8-18)27-24(29)21-5-3-15-28(17-21)25(30)19-11-13-26-14-12-19/h2,4,6-14,16,21H,3,5,15,17H2,1H3,(H,27,29)/t21-/m0/s1. The number of carbonyl (C=O) groups excluding carboxylic acids is 2. The van der Waals surface area contributed by atoms with E-state index in [1.165, 1.54) is 0 Å². The summed E-state index contributed by atoms with van der Waals surface area (Å²) in [5.41, 5.74) is 3.44. The molecule has 0 spiro atoms. The summed E-state index contributed by atoms with van der Waals surface area (Å²) < 4.78 is 5.29. The Kier molecular flexibility index (Phi) is 6.26. The molecule has 0 bridgehead atoms. The van der Waals surface area contributed by atoms with Crippen LogP contribution >= 0.6 is 0 Å². The minimum atomic E-state index is -0.224. The first-order chi connectivity index (χ1) is 15.1. The summed E-state index contributed by atoms with van der Waals surface area (Å²) in [5, 5.41) is 3.00. The normalized spacial score (nSPS) is 15.9. The lowest BCUT2D eigenvalue weighted by Gasteiger charge is -2.32. The average molecular weight is 415 g/mol. The zero-order chi connectivity index (χ0) is 21.6. The number of benzene rings is 2. The minimum Gasteiger partial charge on any atom is -0.497 e. The molecular formula is C25H25N3O3. The average Bonchev–Trinajstić information content (AvgIpc) is 2.84. The number of pyridine rings is 1. The fraction of sp³-hybridized carbons (Fsp3) is 0.240. The lowest BCUT2D eigenvalue weighted by molar-refractivity contribution is -0.121. The number of nitrogens with zero attached hydrogens (tertiary/aromatic N) is 2. The van der Waals surface area contributed by atoms with Crippen molar-refractivity contribution >= 4 is 17.5 Å². The molecule has 1 atom stereocenters. The van der Waals surface area contributed by atoms with Crippen molar-refractivity contribution in [3.8, 4) is 16.9 Å². The molecule has 2 amide bonds. The van der Waals surface area contributed by atoms with E-state index in [1.807, 2.05) is 48.5 Å². The van der Waals surface area contributed by atoms with Gasteiger partial charge in [-0.15, -0.1) is 0 Å². The van der Waals surface area contributed by atoms with Gasteiger partial charge < -0.3 is 15.0 Å². The number of ether oxygens (including phenoxy) is 1. The van der Waals surface area contributed by atoms with Crippen molar-refractivity contribution in [1.82, 2.24) is 9.88 Å². The van der Waals surface area contributed by atoms with Gasteiger partial charge in [0.2, 0.25) is 5.91 Å². The van der Waals surface area contributed by atoms with Crippen LogP contribution in [0.25, 0.3) is 11.1 Å². The number of hydrogen-bond acceptors (Lipinski definition) is 4. The topological polar surface area (TPSA) is 71.5 Å². The molecule has 6 heteroatoms. The van der Waals surface area contributed by atoms with E-state index >= 15 is 0 Å². The van der Waals surface area contributed by atoms with Crippen molar-refractivity contribution in [3.05, 3.63) is 78.6 Å². The zero-order valence-corrected chi connectivity index (χ0v) is 17.5. The van der Waals surface area contributed by atoms with Gasteiger partial charge in [-0.25, -0.2) is 0 Å². The van der Waals surface area contributed by atoms with E-state index in [0.717, 1.165) is 35.4 Å². The van der Waals surface area contributed by atoms with Gasteiger partial charge in [-0.3, -0.25) is 14.6 Å². The smallest absolute Gasteiger partial charge is 0.253 e. The van der Waals surface area contributed by atoms with E-state index in [4.69, 9.17) is 4.74 Å². The molecular weight excluding hydrogens is 390 g/mol. The maximum absolute atomic E-state index is 12.8. The van der Waals surface area contributed by atoms with Crippen molar-refractivity contribution in [2.24, 2.45) is 5.92 Å². The molecule has 31 heavy (non-hydrogen) atoms. The van der Waals surface area contributed by atoms with Crippen molar-refractivity contribution < 1.29 is 14.3 Å². The van der Waals surface area contributed by atoms with Crippen molar-refractivity contribution in [3.63, 3.8) is 0 Å². The molecule has 0 radical (unpaired) electrons. The number of piperidine rings is 1. The quantitative estimate of drug-likeness (QED) is 0.676. The van der Waals surface area contributed by atoms with Gasteiger partial charge in [0.05, 0.1) is 13.0 Å². The second-order valence-corrected chi connectivity index (χ2v) is 7.62. The Morgan fingerprint density at radius 1 is 1.03 bits per heavy atom. The van der Waals surface area contributed by atoms with Crippen LogP contribution in [0.1, 0.15) is 23.2 Å². The Balaban J connectivity index is 1.39. The highest BCUT2D eigenvalue weighted by Crippen LogP contribution is 2.26. The third-order valence-electron chi connectivity index (χ3n) is 5.56. The summed E-state index contributed by atoms with van der Waals surface area (Å²) in [6, 6.07) is 19.0. The van der Waals surface area contributed by atoms with E-state index in [0.29, 0.717) is 18.7 Å². The van der Waals surface area contributed by atoms with Gasteiger partial charge in [-0.05, 0) is 60.4 Å². The van der Waals surface area contributed by atoms with Crippen LogP contribution in [0.4, 0.5) is 5.69 Å². The Morgan fingerprint density at radius 2 is 1.81 bits per heavy atom. The Bertz CT molecular complexity index is 1050. The number of rotatable bonds is 5. The summed E-state index contributed by atoms with van der Waals surface area (Å²) in [6.07, 6.45) is 4.80. The largest absolute Gasteiger partial charge is 0.497 e. The highest BCUT2D eigenvalue weighted by atomic mass is 16.5. The molecule has 158 valence electrons. The molecule has 4 rings (SSSR count). The molecule has 2 aromatic carbocycles. The number of aromatic nitrogens is 1. The molecule has 1 aliphatic rings. The minimum absolute atomic E-state index is 0.0532. The number of nitrogens with one attached hydrogen (secondary N) is 1. The maximum atomic E-state index is 12.8. The van der Waals surface area contributed by atoms with Crippen LogP contribution in [-0.2, 0) is 4.79 Å². The van der Waals surface area contributed by atoms with E-state index in [2.05, 4.69) is 10.3 Å². The predicted octanol–water partition coefficient (Wildman–Crippen LogP) is 4.25. The summed E-state index contributed by atoms with van der Waals surface area (Å²) in [6.45, 7) is 1.09. The first-order valence-corrected chi connectivity index (χ1v) is 10.4. The summed E-state index contributed by atoms with van der Waals surface area (Å²) in [7, 11) is 1.65. The lowest BCUT2D eigenvalue weighted by atomic mass is 9.96. The highest BCUT2D eigenvalue weighted by Gasteiger charge is 2.29. The number of hydrogen-bond donors (Lipinski definition) is 1. The molecule has 1 fully saturated rings. The Hall–Kier alpha value is -3.67. The highest BCUT2D eigenvalue weighted by molar-refractivity contribution is 5.96. The van der Waals surface area contributed by atoms with Crippen molar-refractivity contribution in [1.29, 1.82) is 0 Å². The molecule has 1 aliphatic heterocycles. The summed E-state index contributed by atoms with van der Waals surface area (Å²) in [5.74, 6) is 0.472. The van der Waals surface area contributed by atoms with Gasteiger partial charge in [-0.2, -0.15) is 0 Å². The zero-order valence-electron chi connectivity index (χ0n) is 17.5.